The first-order valence-electron chi connectivity index (χ1n) is 7.11. The van der Waals surface area contributed by atoms with E-state index in [-0.39, 0.29) is 5.16 Å². The van der Waals surface area contributed by atoms with Gasteiger partial charge in [-0.15, -0.1) is 0 Å². The highest BCUT2D eigenvalue weighted by Crippen LogP contribution is 2.41. The van der Waals surface area contributed by atoms with Crippen molar-refractivity contribution in [3.63, 3.8) is 0 Å². The Kier molecular flexibility index (Phi) is 3.74. The number of carbonyl (C=O) groups excluding carboxylic acids is 1. The molecule has 3 rings (SSSR count). The van der Waals surface area contributed by atoms with E-state index in [0.29, 0.717) is 0 Å². The van der Waals surface area contributed by atoms with Crippen LogP contribution in [0.25, 0.3) is 0 Å². The van der Waals surface area contributed by atoms with Crippen LogP contribution in [0.4, 0.5) is 0 Å². The normalized spacial score (nSPS) is 16.7. The van der Waals surface area contributed by atoms with Crippen molar-refractivity contribution in [3.8, 4) is 0 Å². The van der Waals surface area contributed by atoms with Crippen LogP contribution in [-0.4, -0.2) is 30.0 Å². The van der Waals surface area contributed by atoms with Gasteiger partial charge >= 0.3 is 0 Å². The molecule has 1 aromatic heterocycles. The van der Waals surface area contributed by atoms with E-state index in [2.05, 4.69) is 15.3 Å². The number of carbonyl (C=O) groups is 1. The molecule has 0 bridgehead atoms. The van der Waals surface area contributed by atoms with Crippen LogP contribution in [0.1, 0.15) is 24.8 Å². The third kappa shape index (κ3) is 2.76. The fourth-order valence-electron chi connectivity index (χ4n) is 2.74. The Balaban J connectivity index is 1.74. The molecule has 0 saturated heterocycles. The summed E-state index contributed by atoms with van der Waals surface area (Å²) in [5.74, 6) is -1.10. The van der Waals surface area contributed by atoms with Gasteiger partial charge < -0.3 is 10.3 Å². The second kappa shape index (κ2) is 5.57. The van der Waals surface area contributed by atoms with Gasteiger partial charge in [0.25, 0.3) is 0 Å². The van der Waals surface area contributed by atoms with Crippen molar-refractivity contribution >= 4 is 15.7 Å². The topological polar surface area (TPSA) is 91.9 Å². The number of aromatic amines is 1. The van der Waals surface area contributed by atoms with Crippen LogP contribution in [0.3, 0.4) is 0 Å². The van der Waals surface area contributed by atoms with E-state index in [1.807, 2.05) is 30.3 Å². The number of hydrogen-bond acceptors (Lipinski definition) is 4. The molecular weight excluding hydrogens is 302 g/mol. The number of H-pyrrole nitrogens is 1. The van der Waals surface area contributed by atoms with Crippen molar-refractivity contribution in [1.82, 2.24) is 15.3 Å². The van der Waals surface area contributed by atoms with Gasteiger partial charge in [0.05, 0.1) is 5.54 Å². The minimum absolute atomic E-state index is 0.176. The standard InChI is InChI=1S/C15H17N3O3S/c19-13(11-22(20,21)14-16-9-10-17-14)18-15(7-4-8-15)12-5-2-1-3-6-12/h1-3,5-6,9-10H,4,7-8,11H2,(H,16,17)(H,18,19). The van der Waals surface area contributed by atoms with E-state index in [1.165, 1.54) is 12.4 Å². The maximum absolute atomic E-state index is 12.2. The van der Waals surface area contributed by atoms with E-state index < -0.39 is 27.0 Å². The van der Waals surface area contributed by atoms with Gasteiger partial charge in [-0.25, -0.2) is 13.4 Å². The molecule has 0 spiro atoms. The highest BCUT2D eigenvalue weighted by molar-refractivity contribution is 7.91. The van der Waals surface area contributed by atoms with Crippen LogP contribution in [0.15, 0.2) is 47.9 Å². The largest absolute Gasteiger partial charge is 0.346 e. The Hall–Kier alpha value is -2.15. The second-order valence-corrected chi connectivity index (χ2v) is 7.41. The Labute approximate surface area is 128 Å². The van der Waals surface area contributed by atoms with Crippen LogP contribution < -0.4 is 5.32 Å². The molecule has 1 fully saturated rings. The molecule has 0 radical (unpaired) electrons. The molecule has 2 aromatic rings. The number of amides is 1. The van der Waals surface area contributed by atoms with Crippen molar-refractivity contribution < 1.29 is 13.2 Å². The van der Waals surface area contributed by atoms with Gasteiger partial charge in [-0.1, -0.05) is 30.3 Å². The molecule has 1 amide bonds. The molecule has 2 N–H and O–H groups in total. The minimum atomic E-state index is -3.73. The third-order valence-electron chi connectivity index (χ3n) is 4.00. The summed E-state index contributed by atoms with van der Waals surface area (Å²) >= 11 is 0. The number of hydrogen-bond donors (Lipinski definition) is 2. The summed E-state index contributed by atoms with van der Waals surface area (Å²) < 4.78 is 24.2. The molecule has 0 unspecified atom stereocenters. The number of imidazole rings is 1. The second-order valence-electron chi connectivity index (χ2n) is 5.50. The predicted octanol–water partition coefficient (Wildman–Crippen LogP) is 1.38. The number of benzene rings is 1. The van der Waals surface area contributed by atoms with Crippen molar-refractivity contribution in [1.29, 1.82) is 0 Å². The molecule has 22 heavy (non-hydrogen) atoms. The lowest BCUT2D eigenvalue weighted by atomic mass is 9.72. The molecular formula is C15H17N3O3S. The Morgan fingerprint density at radius 3 is 2.55 bits per heavy atom. The highest BCUT2D eigenvalue weighted by atomic mass is 32.2. The third-order valence-corrected chi connectivity index (χ3v) is 5.46. The fraction of sp³-hybridized carbons (Fsp3) is 0.333. The van der Waals surface area contributed by atoms with Crippen molar-refractivity contribution in [2.75, 3.05) is 5.75 Å². The van der Waals surface area contributed by atoms with Crippen LogP contribution >= 0.6 is 0 Å². The number of sulfone groups is 1. The summed E-state index contributed by atoms with van der Waals surface area (Å²) in [6.45, 7) is 0. The molecule has 1 aliphatic rings. The number of nitrogens with zero attached hydrogens (tertiary/aromatic N) is 1. The van der Waals surface area contributed by atoms with E-state index in [0.717, 1.165) is 24.8 Å². The van der Waals surface area contributed by atoms with Gasteiger partial charge in [0.15, 0.2) is 0 Å². The molecule has 7 heteroatoms. The van der Waals surface area contributed by atoms with Crippen LogP contribution in [0.5, 0.6) is 0 Å². The molecule has 1 saturated carbocycles. The van der Waals surface area contributed by atoms with Crippen LogP contribution in [0, 0.1) is 0 Å². The van der Waals surface area contributed by atoms with Gasteiger partial charge in [0, 0.05) is 12.4 Å². The summed E-state index contributed by atoms with van der Waals surface area (Å²) in [5, 5.41) is 2.73. The van der Waals surface area contributed by atoms with E-state index in [1.54, 1.807) is 0 Å². The summed E-state index contributed by atoms with van der Waals surface area (Å²) in [5.41, 5.74) is 0.585. The number of nitrogens with one attached hydrogen (secondary N) is 2. The first-order valence-corrected chi connectivity index (χ1v) is 8.76. The Morgan fingerprint density at radius 1 is 1.27 bits per heavy atom. The van der Waals surface area contributed by atoms with Gasteiger partial charge in [0.1, 0.15) is 5.75 Å². The molecule has 116 valence electrons. The lowest BCUT2D eigenvalue weighted by Gasteiger charge is -2.43. The molecule has 0 aliphatic heterocycles. The average Bonchev–Trinajstić information content (AvgIpc) is 2.98. The zero-order valence-electron chi connectivity index (χ0n) is 12.0. The molecule has 1 aliphatic carbocycles. The summed E-state index contributed by atoms with van der Waals surface area (Å²) in [7, 11) is -3.73. The SMILES string of the molecule is O=C(CS(=O)(=O)c1ncc[nH]1)NC1(c2ccccc2)CCC1. The van der Waals surface area contributed by atoms with Crippen molar-refractivity contribution in [2.45, 2.75) is 30.0 Å². The Bertz CT molecular complexity index is 751. The van der Waals surface area contributed by atoms with E-state index in [9.17, 15) is 13.2 Å². The number of rotatable bonds is 5. The van der Waals surface area contributed by atoms with Gasteiger partial charge in [-0.3, -0.25) is 4.79 Å². The lowest BCUT2D eigenvalue weighted by Crippen LogP contribution is -2.52. The fourth-order valence-corrected chi connectivity index (χ4v) is 3.76. The molecule has 1 aromatic carbocycles. The summed E-state index contributed by atoms with van der Waals surface area (Å²) in [4.78, 5) is 18.4. The molecule has 0 atom stereocenters. The maximum atomic E-state index is 12.2. The smallest absolute Gasteiger partial charge is 0.236 e. The maximum Gasteiger partial charge on any atom is 0.236 e. The zero-order valence-corrected chi connectivity index (χ0v) is 12.8. The summed E-state index contributed by atoms with van der Waals surface area (Å²) in [6, 6.07) is 9.67. The quantitative estimate of drug-likeness (QED) is 0.871. The van der Waals surface area contributed by atoms with Crippen molar-refractivity contribution in [3.05, 3.63) is 48.3 Å². The van der Waals surface area contributed by atoms with Gasteiger partial charge in [-0.05, 0) is 24.8 Å². The van der Waals surface area contributed by atoms with Gasteiger partial charge in [0.2, 0.25) is 20.9 Å². The average molecular weight is 319 g/mol. The molecule has 1 heterocycles. The summed E-state index contributed by atoms with van der Waals surface area (Å²) in [6.07, 6.45) is 5.43. The minimum Gasteiger partial charge on any atom is -0.346 e. The van der Waals surface area contributed by atoms with Crippen molar-refractivity contribution in [2.24, 2.45) is 0 Å². The monoisotopic (exact) mass is 319 g/mol. The first kappa shape index (κ1) is 14.8. The molecule has 6 nitrogen and oxygen atoms in total. The van der Waals surface area contributed by atoms with E-state index >= 15 is 0 Å². The van der Waals surface area contributed by atoms with Crippen LogP contribution in [-0.2, 0) is 20.2 Å². The number of aromatic nitrogens is 2. The Morgan fingerprint density at radius 2 is 2.00 bits per heavy atom. The zero-order chi connectivity index (χ0) is 15.6. The lowest BCUT2D eigenvalue weighted by molar-refractivity contribution is -0.121. The van der Waals surface area contributed by atoms with E-state index in [4.69, 9.17) is 0 Å². The van der Waals surface area contributed by atoms with Crippen LogP contribution in [0.2, 0.25) is 0 Å². The first-order chi connectivity index (χ1) is 10.5. The van der Waals surface area contributed by atoms with Gasteiger partial charge in [-0.2, -0.15) is 0 Å². The highest BCUT2D eigenvalue weighted by Gasteiger charge is 2.40. The predicted molar refractivity (Wildman–Crippen MR) is 80.8 cm³/mol.